The minimum Gasteiger partial charge on any atom is -0.494 e. The van der Waals surface area contributed by atoms with E-state index in [1.54, 1.807) is 17.9 Å². The number of halogens is 1. The summed E-state index contributed by atoms with van der Waals surface area (Å²) in [5.74, 6) is 0.981. The number of benzene rings is 2. The van der Waals surface area contributed by atoms with Gasteiger partial charge in [0.25, 0.3) is 0 Å². The Balaban J connectivity index is 1.79. The van der Waals surface area contributed by atoms with Gasteiger partial charge in [-0.1, -0.05) is 41.9 Å². The molecular weight excluding hydrogens is 348 g/mol. The van der Waals surface area contributed by atoms with Crippen molar-refractivity contribution < 1.29 is 9.53 Å². The van der Waals surface area contributed by atoms with E-state index in [1.807, 2.05) is 37.3 Å². The Morgan fingerprint density at radius 3 is 2.65 bits per heavy atom. The van der Waals surface area contributed by atoms with Gasteiger partial charge in [-0.25, -0.2) is 4.68 Å². The van der Waals surface area contributed by atoms with E-state index in [1.165, 1.54) is 5.56 Å². The van der Waals surface area contributed by atoms with E-state index < -0.39 is 0 Å². The first-order valence-electron chi connectivity index (χ1n) is 8.59. The molecule has 0 unspecified atom stereocenters. The molecule has 1 aliphatic carbocycles. The minimum absolute atomic E-state index is 0.143. The second-order valence-electron chi connectivity index (χ2n) is 6.57. The van der Waals surface area contributed by atoms with Crippen molar-refractivity contribution in [1.82, 2.24) is 9.78 Å². The van der Waals surface area contributed by atoms with Gasteiger partial charge in [-0.15, -0.1) is 0 Å². The van der Waals surface area contributed by atoms with Crippen molar-refractivity contribution in [1.29, 1.82) is 0 Å². The predicted octanol–water partition coefficient (Wildman–Crippen LogP) is 4.76. The van der Waals surface area contributed by atoms with Gasteiger partial charge in [-0.05, 0) is 43.0 Å². The van der Waals surface area contributed by atoms with E-state index in [2.05, 4.69) is 12.1 Å². The number of methoxy groups -OCH3 is 1. The fourth-order valence-corrected chi connectivity index (χ4v) is 3.89. The molecular formula is C21H19ClN2O2. The van der Waals surface area contributed by atoms with Gasteiger partial charge < -0.3 is 4.74 Å². The fraction of sp³-hybridized carbons (Fsp3) is 0.238. The number of fused-ring (bicyclic) bond motifs is 1. The standard InChI is InChI=1S/C21H19ClN2O2/c1-13-21-17(10-15(11-19(21)25)14-6-4-3-5-7-14)23-24(13)18-12-16(22)8-9-20(18)26-2/h3-9,12,15H,10-11H2,1-2H3/t15-/m1/s1. The monoisotopic (exact) mass is 366 g/mol. The number of ether oxygens (including phenoxy) is 1. The molecule has 0 amide bonds. The molecule has 1 heterocycles. The van der Waals surface area contributed by atoms with Crippen LogP contribution in [0.1, 0.15) is 39.6 Å². The highest BCUT2D eigenvalue weighted by molar-refractivity contribution is 6.30. The molecule has 3 aromatic rings. The topological polar surface area (TPSA) is 44.1 Å². The van der Waals surface area contributed by atoms with Crippen molar-refractivity contribution in [2.75, 3.05) is 7.11 Å². The fourth-order valence-electron chi connectivity index (χ4n) is 3.72. The third-order valence-corrected chi connectivity index (χ3v) is 5.21. The lowest BCUT2D eigenvalue weighted by Gasteiger charge is -2.20. The molecule has 2 aromatic carbocycles. The van der Waals surface area contributed by atoms with Crippen LogP contribution in [0.2, 0.25) is 5.02 Å². The third-order valence-electron chi connectivity index (χ3n) is 4.98. The Bertz CT molecular complexity index is 979. The zero-order valence-corrected chi connectivity index (χ0v) is 15.5. The Morgan fingerprint density at radius 1 is 1.15 bits per heavy atom. The molecule has 0 fully saturated rings. The van der Waals surface area contributed by atoms with E-state index in [0.29, 0.717) is 17.2 Å². The Hall–Kier alpha value is -2.59. The highest BCUT2D eigenvalue weighted by Gasteiger charge is 2.32. The number of ketones is 1. The lowest BCUT2D eigenvalue weighted by atomic mass is 9.82. The molecule has 1 atom stereocenters. The van der Waals surface area contributed by atoms with Gasteiger partial charge in [0.15, 0.2) is 5.78 Å². The SMILES string of the molecule is COc1ccc(Cl)cc1-n1nc2c(c1C)C(=O)C[C@H](c1ccccc1)C2. The number of hydrogen-bond donors (Lipinski definition) is 0. The maximum absolute atomic E-state index is 12.8. The van der Waals surface area contributed by atoms with Crippen molar-refractivity contribution in [2.45, 2.75) is 25.7 Å². The quantitative estimate of drug-likeness (QED) is 0.671. The van der Waals surface area contributed by atoms with Gasteiger partial charge in [-0.2, -0.15) is 5.10 Å². The van der Waals surface area contributed by atoms with Crippen molar-refractivity contribution in [3.8, 4) is 11.4 Å². The van der Waals surface area contributed by atoms with Crippen LogP contribution >= 0.6 is 11.6 Å². The van der Waals surface area contributed by atoms with Crippen molar-refractivity contribution in [3.05, 3.63) is 76.1 Å². The number of nitrogens with zero attached hydrogens (tertiary/aromatic N) is 2. The molecule has 26 heavy (non-hydrogen) atoms. The summed E-state index contributed by atoms with van der Waals surface area (Å²) in [5, 5.41) is 5.35. The second kappa shape index (κ2) is 6.61. The van der Waals surface area contributed by atoms with Crippen LogP contribution < -0.4 is 4.74 Å². The lowest BCUT2D eigenvalue weighted by Crippen LogP contribution is -2.18. The molecule has 0 aliphatic heterocycles. The number of hydrogen-bond acceptors (Lipinski definition) is 3. The summed E-state index contributed by atoms with van der Waals surface area (Å²) >= 11 is 6.17. The Morgan fingerprint density at radius 2 is 1.92 bits per heavy atom. The summed E-state index contributed by atoms with van der Waals surface area (Å²) in [4.78, 5) is 12.8. The molecule has 1 aliphatic rings. The minimum atomic E-state index is 0.143. The highest BCUT2D eigenvalue weighted by Crippen LogP contribution is 2.36. The van der Waals surface area contributed by atoms with Crippen molar-refractivity contribution >= 4 is 17.4 Å². The number of Topliss-reactive ketones (excluding diaryl/α,β-unsaturated/α-hetero) is 1. The molecule has 0 saturated heterocycles. The molecule has 5 heteroatoms. The smallest absolute Gasteiger partial charge is 0.167 e. The number of rotatable bonds is 3. The zero-order chi connectivity index (χ0) is 18.3. The maximum atomic E-state index is 12.8. The first-order valence-corrected chi connectivity index (χ1v) is 8.97. The molecule has 0 N–H and O–H groups in total. The summed E-state index contributed by atoms with van der Waals surface area (Å²) in [6.45, 7) is 1.92. The number of carbonyl (C=O) groups is 1. The summed E-state index contributed by atoms with van der Waals surface area (Å²) in [6.07, 6.45) is 1.26. The summed E-state index contributed by atoms with van der Waals surface area (Å²) in [6, 6.07) is 15.6. The van der Waals surface area contributed by atoms with Crippen molar-refractivity contribution in [2.24, 2.45) is 0 Å². The van der Waals surface area contributed by atoms with Crippen molar-refractivity contribution in [3.63, 3.8) is 0 Å². The molecule has 4 rings (SSSR count). The van der Waals surface area contributed by atoms with Gasteiger partial charge in [0.2, 0.25) is 0 Å². The number of carbonyl (C=O) groups excluding carboxylic acids is 1. The zero-order valence-electron chi connectivity index (χ0n) is 14.7. The molecule has 1 aromatic heterocycles. The molecule has 0 spiro atoms. The van der Waals surface area contributed by atoms with Crippen LogP contribution in [0.25, 0.3) is 5.69 Å². The van der Waals surface area contributed by atoms with Gasteiger partial charge in [-0.3, -0.25) is 4.79 Å². The molecule has 0 bridgehead atoms. The van der Waals surface area contributed by atoms with Gasteiger partial charge in [0.05, 0.1) is 24.1 Å². The molecule has 132 valence electrons. The Kier molecular flexibility index (Phi) is 4.29. The van der Waals surface area contributed by atoms with Gasteiger partial charge in [0.1, 0.15) is 11.4 Å². The van der Waals surface area contributed by atoms with E-state index >= 15 is 0 Å². The normalized spacial score (nSPS) is 16.4. The highest BCUT2D eigenvalue weighted by atomic mass is 35.5. The summed E-state index contributed by atoms with van der Waals surface area (Å²) in [5.41, 5.74) is 4.33. The number of aromatic nitrogens is 2. The Labute approximate surface area is 157 Å². The van der Waals surface area contributed by atoms with E-state index in [-0.39, 0.29) is 11.7 Å². The molecule has 4 nitrogen and oxygen atoms in total. The van der Waals surface area contributed by atoms with Crippen LogP contribution in [0.15, 0.2) is 48.5 Å². The van der Waals surface area contributed by atoms with Crippen LogP contribution in [-0.2, 0) is 6.42 Å². The largest absolute Gasteiger partial charge is 0.494 e. The van der Waals surface area contributed by atoms with Crippen LogP contribution in [0.3, 0.4) is 0 Å². The summed E-state index contributed by atoms with van der Waals surface area (Å²) in [7, 11) is 1.61. The van der Waals surface area contributed by atoms with E-state index in [4.69, 9.17) is 21.4 Å². The van der Waals surface area contributed by atoms with Gasteiger partial charge in [0, 0.05) is 11.4 Å². The molecule has 0 saturated carbocycles. The average molecular weight is 367 g/mol. The van der Waals surface area contributed by atoms with E-state index in [0.717, 1.165) is 29.1 Å². The van der Waals surface area contributed by atoms with Crippen LogP contribution in [-0.4, -0.2) is 22.7 Å². The second-order valence-corrected chi connectivity index (χ2v) is 7.01. The maximum Gasteiger partial charge on any atom is 0.167 e. The van der Waals surface area contributed by atoms with Crippen LogP contribution in [0.4, 0.5) is 0 Å². The first-order chi connectivity index (χ1) is 12.6. The van der Waals surface area contributed by atoms with Crippen LogP contribution in [0.5, 0.6) is 5.75 Å². The van der Waals surface area contributed by atoms with Crippen LogP contribution in [0, 0.1) is 6.92 Å². The predicted molar refractivity (Wildman–Crippen MR) is 102 cm³/mol. The molecule has 0 radical (unpaired) electrons. The average Bonchev–Trinajstić information content (AvgIpc) is 2.99. The third kappa shape index (κ3) is 2.80. The lowest BCUT2D eigenvalue weighted by molar-refractivity contribution is 0.0963. The van der Waals surface area contributed by atoms with E-state index in [9.17, 15) is 4.79 Å². The first kappa shape index (κ1) is 16.9. The summed E-state index contributed by atoms with van der Waals surface area (Å²) < 4.78 is 7.23. The van der Waals surface area contributed by atoms with Gasteiger partial charge >= 0.3 is 0 Å².